The van der Waals surface area contributed by atoms with Crippen molar-refractivity contribution in [2.24, 2.45) is 23.0 Å². The average Bonchev–Trinajstić information content (AvgIpc) is 2.52. The van der Waals surface area contributed by atoms with Gasteiger partial charge in [0.05, 0.1) is 0 Å². The number of piperidine rings is 1. The van der Waals surface area contributed by atoms with Crippen molar-refractivity contribution in [2.45, 2.75) is 117 Å². The average molecular weight is 351 g/mol. The van der Waals surface area contributed by atoms with E-state index in [0.717, 1.165) is 25.7 Å². The van der Waals surface area contributed by atoms with Crippen molar-refractivity contribution in [1.82, 2.24) is 4.90 Å². The van der Waals surface area contributed by atoms with E-state index in [9.17, 15) is 4.79 Å². The van der Waals surface area contributed by atoms with Crippen LogP contribution in [0.1, 0.15) is 99.3 Å². The number of likely N-dealkylation sites (tertiary alicyclic amines) is 1. The van der Waals surface area contributed by atoms with Crippen LogP contribution in [-0.2, 0) is 4.79 Å². The molecule has 1 aliphatic carbocycles. The minimum absolute atomic E-state index is 0.119. The molecule has 2 fully saturated rings. The Morgan fingerprint density at radius 3 is 2.32 bits per heavy atom. The Balaban J connectivity index is 2.23. The highest BCUT2D eigenvalue weighted by atomic mass is 16.2. The van der Waals surface area contributed by atoms with Crippen LogP contribution in [0.25, 0.3) is 0 Å². The molecule has 1 amide bonds. The second kappa shape index (κ2) is 7.98. The molecule has 1 heterocycles. The molecule has 146 valence electrons. The van der Waals surface area contributed by atoms with Crippen LogP contribution in [0.3, 0.4) is 0 Å². The quantitative estimate of drug-likeness (QED) is 0.751. The molecule has 1 saturated heterocycles. The fourth-order valence-electron chi connectivity index (χ4n) is 5.18. The highest BCUT2D eigenvalue weighted by Gasteiger charge is 2.40. The predicted molar refractivity (Wildman–Crippen MR) is 106 cm³/mol. The lowest BCUT2D eigenvalue weighted by Crippen LogP contribution is -2.54. The fourth-order valence-corrected chi connectivity index (χ4v) is 5.18. The number of amides is 1. The van der Waals surface area contributed by atoms with Crippen molar-refractivity contribution in [3.63, 3.8) is 0 Å². The molecule has 1 saturated carbocycles. The van der Waals surface area contributed by atoms with Crippen molar-refractivity contribution in [3.8, 4) is 0 Å². The van der Waals surface area contributed by atoms with E-state index in [1.165, 1.54) is 25.7 Å². The third kappa shape index (κ3) is 4.99. The molecule has 2 N–H and O–H groups in total. The van der Waals surface area contributed by atoms with Gasteiger partial charge in [0.2, 0.25) is 5.91 Å². The Kier molecular flexibility index (Phi) is 6.62. The topological polar surface area (TPSA) is 46.3 Å². The van der Waals surface area contributed by atoms with E-state index in [1.54, 1.807) is 0 Å². The third-order valence-corrected chi connectivity index (χ3v) is 7.36. The summed E-state index contributed by atoms with van der Waals surface area (Å²) in [6.45, 7) is 13.8. The summed E-state index contributed by atoms with van der Waals surface area (Å²) < 4.78 is 0. The van der Waals surface area contributed by atoms with Gasteiger partial charge in [-0.15, -0.1) is 0 Å². The van der Waals surface area contributed by atoms with E-state index in [0.29, 0.717) is 41.7 Å². The summed E-state index contributed by atoms with van der Waals surface area (Å²) in [4.78, 5) is 14.8. The Labute approximate surface area is 156 Å². The van der Waals surface area contributed by atoms with Gasteiger partial charge in [-0.2, -0.15) is 0 Å². The monoisotopic (exact) mass is 350 g/mol. The van der Waals surface area contributed by atoms with E-state index in [-0.39, 0.29) is 5.54 Å². The molecule has 0 aromatic carbocycles. The maximum Gasteiger partial charge on any atom is 0.223 e. The fraction of sp³-hybridized carbons (Fsp3) is 0.955. The Morgan fingerprint density at radius 1 is 1.04 bits per heavy atom. The molecular weight excluding hydrogens is 308 g/mol. The molecule has 3 nitrogen and oxygen atoms in total. The molecule has 0 aromatic heterocycles. The van der Waals surface area contributed by atoms with Gasteiger partial charge in [-0.05, 0) is 76.5 Å². The summed E-state index contributed by atoms with van der Waals surface area (Å²) in [5.41, 5.74) is 7.07. The Hall–Kier alpha value is -0.570. The minimum Gasteiger partial charge on any atom is -0.337 e. The van der Waals surface area contributed by atoms with E-state index >= 15 is 0 Å². The summed E-state index contributed by atoms with van der Waals surface area (Å²) in [6.07, 6.45) is 10.1. The molecule has 0 spiro atoms. The Bertz CT molecular complexity index is 457. The molecule has 2 aliphatic rings. The zero-order valence-corrected chi connectivity index (χ0v) is 17.6. The van der Waals surface area contributed by atoms with E-state index in [2.05, 4.69) is 46.4 Å². The predicted octanol–water partition coefficient (Wildman–Crippen LogP) is 5.13. The Morgan fingerprint density at radius 2 is 1.72 bits per heavy atom. The summed E-state index contributed by atoms with van der Waals surface area (Å²) in [5.74, 6) is 1.62. The SMILES string of the molecule is CC(C)N1C(=O)CCC2CC(C)(N)CCC(C)(C(C)C)CCCCC21. The molecule has 25 heavy (non-hydrogen) atoms. The summed E-state index contributed by atoms with van der Waals surface area (Å²) in [6, 6.07) is 0.697. The smallest absolute Gasteiger partial charge is 0.223 e. The van der Waals surface area contributed by atoms with Gasteiger partial charge in [0.15, 0.2) is 0 Å². The van der Waals surface area contributed by atoms with Crippen molar-refractivity contribution in [3.05, 3.63) is 0 Å². The second-order valence-electron chi connectivity index (χ2n) is 10.2. The zero-order chi connectivity index (χ0) is 18.8. The van der Waals surface area contributed by atoms with Crippen LogP contribution >= 0.6 is 0 Å². The largest absolute Gasteiger partial charge is 0.337 e. The molecule has 0 bridgehead atoms. The van der Waals surface area contributed by atoms with Crippen LogP contribution in [-0.4, -0.2) is 28.4 Å². The van der Waals surface area contributed by atoms with Crippen molar-refractivity contribution >= 4 is 5.91 Å². The van der Waals surface area contributed by atoms with Crippen LogP contribution in [0.5, 0.6) is 0 Å². The van der Waals surface area contributed by atoms with Gasteiger partial charge >= 0.3 is 0 Å². The van der Waals surface area contributed by atoms with Crippen molar-refractivity contribution in [1.29, 1.82) is 0 Å². The van der Waals surface area contributed by atoms with Crippen LogP contribution in [0.15, 0.2) is 0 Å². The van der Waals surface area contributed by atoms with Gasteiger partial charge in [-0.25, -0.2) is 0 Å². The van der Waals surface area contributed by atoms with Crippen LogP contribution in [0.4, 0.5) is 0 Å². The van der Waals surface area contributed by atoms with Crippen molar-refractivity contribution < 1.29 is 4.79 Å². The van der Waals surface area contributed by atoms with Gasteiger partial charge in [-0.1, -0.05) is 33.6 Å². The lowest BCUT2D eigenvalue weighted by Gasteiger charge is -2.46. The first-order valence-corrected chi connectivity index (χ1v) is 10.7. The second-order valence-corrected chi connectivity index (χ2v) is 10.2. The minimum atomic E-state index is -0.119. The molecule has 0 aromatic rings. The molecule has 1 aliphatic heterocycles. The first kappa shape index (κ1) is 20.7. The maximum atomic E-state index is 12.6. The first-order valence-electron chi connectivity index (χ1n) is 10.7. The number of hydrogen-bond donors (Lipinski definition) is 1. The number of carbonyl (C=O) groups excluding carboxylic acids is 1. The number of nitrogens with two attached hydrogens (primary N) is 1. The van der Waals surface area contributed by atoms with Crippen molar-refractivity contribution in [2.75, 3.05) is 0 Å². The van der Waals surface area contributed by atoms with E-state index in [4.69, 9.17) is 5.73 Å². The number of carbonyl (C=O) groups is 1. The number of rotatable bonds is 2. The third-order valence-electron chi connectivity index (χ3n) is 7.36. The van der Waals surface area contributed by atoms with E-state index in [1.807, 2.05) is 0 Å². The van der Waals surface area contributed by atoms with Crippen LogP contribution < -0.4 is 5.73 Å². The lowest BCUT2D eigenvalue weighted by atomic mass is 9.69. The number of hydrogen-bond acceptors (Lipinski definition) is 2. The molecule has 3 heteroatoms. The van der Waals surface area contributed by atoms with Crippen LogP contribution in [0, 0.1) is 17.3 Å². The molecular formula is C22H42N2O. The number of nitrogens with zero attached hydrogens (tertiary/aromatic N) is 1. The van der Waals surface area contributed by atoms with Gasteiger partial charge < -0.3 is 10.6 Å². The summed E-state index contributed by atoms with van der Waals surface area (Å²) in [5, 5.41) is 0. The van der Waals surface area contributed by atoms with Crippen LogP contribution in [0.2, 0.25) is 0 Å². The maximum absolute atomic E-state index is 12.6. The first-order chi connectivity index (χ1) is 11.6. The number of fused-ring (bicyclic) bond motifs is 1. The summed E-state index contributed by atoms with van der Waals surface area (Å²) >= 11 is 0. The summed E-state index contributed by atoms with van der Waals surface area (Å²) in [7, 11) is 0. The normalized spacial score (nSPS) is 38.6. The molecule has 4 unspecified atom stereocenters. The molecule has 4 atom stereocenters. The van der Waals surface area contributed by atoms with Gasteiger partial charge in [0.1, 0.15) is 0 Å². The van der Waals surface area contributed by atoms with Gasteiger partial charge in [-0.3, -0.25) is 4.79 Å². The lowest BCUT2D eigenvalue weighted by molar-refractivity contribution is -0.142. The molecule has 2 rings (SSSR count). The highest BCUT2D eigenvalue weighted by Crippen LogP contribution is 2.43. The zero-order valence-electron chi connectivity index (χ0n) is 17.6. The molecule has 0 radical (unpaired) electrons. The van der Waals surface area contributed by atoms with Gasteiger partial charge in [0.25, 0.3) is 0 Å². The van der Waals surface area contributed by atoms with Gasteiger partial charge in [0, 0.05) is 24.0 Å². The van der Waals surface area contributed by atoms with E-state index < -0.39 is 0 Å². The standard InChI is InChI=1S/C22H42N2O/c1-16(2)21(5)12-8-7-9-19-18(15-22(6,23)14-13-21)10-11-20(25)24(19)17(3)4/h16-19H,7-15,23H2,1-6H3. The highest BCUT2D eigenvalue weighted by molar-refractivity contribution is 5.77.